The van der Waals surface area contributed by atoms with Crippen molar-refractivity contribution in [3.8, 4) is 16.8 Å². The minimum Gasteiger partial charge on any atom is -0.309 e. The fourth-order valence-corrected chi connectivity index (χ4v) is 8.66. The second-order valence-electron chi connectivity index (χ2n) is 13.3. The Morgan fingerprint density at radius 2 is 1.38 bits per heavy atom. The van der Waals surface area contributed by atoms with Crippen molar-refractivity contribution in [1.29, 1.82) is 0 Å². The highest BCUT2D eigenvalue weighted by Crippen LogP contribution is 2.50. The predicted molar refractivity (Wildman–Crippen MR) is 199 cm³/mol. The SMILES string of the molecule is C1=CC2CCC(c3ccc(C4=CC=NCC4)cc3)c3ccc4ccc(-c5ccc(-n6c7ccccc7c7ccccc76)cc5)c1c4c32. The van der Waals surface area contributed by atoms with Gasteiger partial charge in [-0.05, 0) is 105 Å². The van der Waals surface area contributed by atoms with E-state index < -0.39 is 0 Å². The van der Waals surface area contributed by atoms with Crippen molar-refractivity contribution in [2.45, 2.75) is 31.1 Å². The third kappa shape index (κ3) is 4.14. The van der Waals surface area contributed by atoms with Gasteiger partial charge in [0.25, 0.3) is 0 Å². The molecule has 0 bridgehead atoms. The summed E-state index contributed by atoms with van der Waals surface area (Å²) in [5.74, 6) is 0.909. The van der Waals surface area contributed by atoms with Gasteiger partial charge in [0, 0.05) is 41.1 Å². The molecule has 2 atom stereocenters. The zero-order valence-electron chi connectivity index (χ0n) is 26.2. The van der Waals surface area contributed by atoms with Gasteiger partial charge in [-0.15, -0.1) is 0 Å². The van der Waals surface area contributed by atoms with Crippen LogP contribution in [0.1, 0.15) is 58.9 Å². The molecule has 6 aromatic carbocycles. The molecule has 0 amide bonds. The first-order valence-corrected chi connectivity index (χ1v) is 17.0. The van der Waals surface area contributed by atoms with Crippen LogP contribution in [0.3, 0.4) is 0 Å². The number of aromatic nitrogens is 1. The molecule has 2 heteroatoms. The topological polar surface area (TPSA) is 17.3 Å². The molecule has 7 aromatic rings. The largest absolute Gasteiger partial charge is 0.309 e. The molecule has 3 aliphatic rings. The van der Waals surface area contributed by atoms with E-state index in [1.807, 2.05) is 6.21 Å². The van der Waals surface area contributed by atoms with E-state index in [0.29, 0.717) is 11.8 Å². The molecule has 2 nitrogen and oxygen atoms in total. The number of fused-ring (bicyclic) bond motifs is 3. The number of aliphatic imine (C=N–C) groups is 1. The second kappa shape index (κ2) is 10.5. The molecule has 224 valence electrons. The lowest BCUT2D eigenvalue weighted by Gasteiger charge is -2.34. The third-order valence-electron chi connectivity index (χ3n) is 10.9. The van der Waals surface area contributed by atoms with E-state index in [1.165, 1.54) is 90.1 Å². The van der Waals surface area contributed by atoms with Gasteiger partial charge in [0.1, 0.15) is 0 Å². The highest BCUT2D eigenvalue weighted by molar-refractivity contribution is 6.09. The zero-order valence-corrected chi connectivity index (χ0v) is 26.2. The number of hydrogen-bond acceptors (Lipinski definition) is 1. The highest BCUT2D eigenvalue weighted by Gasteiger charge is 2.31. The van der Waals surface area contributed by atoms with Gasteiger partial charge in [-0.2, -0.15) is 0 Å². The highest BCUT2D eigenvalue weighted by atomic mass is 15.0. The first-order valence-electron chi connectivity index (χ1n) is 17.0. The van der Waals surface area contributed by atoms with Gasteiger partial charge in [0.05, 0.1) is 11.0 Å². The van der Waals surface area contributed by atoms with Crippen LogP contribution in [0.15, 0.2) is 138 Å². The van der Waals surface area contributed by atoms with Gasteiger partial charge < -0.3 is 4.57 Å². The maximum Gasteiger partial charge on any atom is 0.0541 e. The summed E-state index contributed by atoms with van der Waals surface area (Å²) in [6.07, 6.45) is 12.4. The summed E-state index contributed by atoms with van der Waals surface area (Å²) < 4.78 is 2.40. The summed E-state index contributed by atoms with van der Waals surface area (Å²) in [6.45, 7) is 0.890. The number of nitrogens with zero attached hydrogens (tertiary/aromatic N) is 2. The fraction of sp³-hybridized carbons (Fsp3) is 0.133. The molecule has 0 N–H and O–H groups in total. The van der Waals surface area contributed by atoms with Crippen molar-refractivity contribution in [1.82, 2.24) is 4.57 Å². The van der Waals surface area contributed by atoms with Crippen molar-refractivity contribution >= 4 is 50.4 Å². The van der Waals surface area contributed by atoms with Gasteiger partial charge >= 0.3 is 0 Å². The minimum absolute atomic E-state index is 0.426. The Labute approximate surface area is 275 Å². The quantitative estimate of drug-likeness (QED) is 0.191. The number of para-hydroxylation sites is 2. The van der Waals surface area contributed by atoms with Crippen LogP contribution >= 0.6 is 0 Å². The van der Waals surface area contributed by atoms with E-state index in [-0.39, 0.29) is 0 Å². The standard InChI is InChI=1S/C45H34N2/c1-3-7-42-38(5-1)39-6-2-4-8-43(39)47(42)35-19-13-32(14-20-35)37-22-16-34-17-23-40-36(21-15-33-18-24-41(37)45(34)44(33)40)31-11-9-29(10-12-31)30-25-27-46-28-26-30/h1-14,16-20,22-25,27,33,36H,15,21,26,28H2. The Bertz CT molecular complexity index is 2400. The van der Waals surface area contributed by atoms with Crippen LogP contribution in [-0.2, 0) is 0 Å². The summed E-state index contributed by atoms with van der Waals surface area (Å²) in [7, 11) is 0. The minimum atomic E-state index is 0.426. The molecule has 0 radical (unpaired) electrons. The van der Waals surface area contributed by atoms with E-state index in [0.717, 1.165) is 13.0 Å². The van der Waals surface area contributed by atoms with Crippen LogP contribution in [0.5, 0.6) is 0 Å². The van der Waals surface area contributed by atoms with Crippen molar-refractivity contribution in [3.63, 3.8) is 0 Å². The molecule has 10 rings (SSSR count). The zero-order chi connectivity index (χ0) is 30.9. The molecule has 0 spiro atoms. The molecular weight excluding hydrogens is 569 g/mol. The molecule has 0 fully saturated rings. The van der Waals surface area contributed by atoms with Gasteiger partial charge in [-0.1, -0.05) is 109 Å². The monoisotopic (exact) mass is 602 g/mol. The molecule has 1 aromatic heterocycles. The average molecular weight is 603 g/mol. The first kappa shape index (κ1) is 26.7. The van der Waals surface area contributed by atoms with Crippen molar-refractivity contribution in [2.24, 2.45) is 4.99 Å². The van der Waals surface area contributed by atoms with Gasteiger partial charge in [0.15, 0.2) is 0 Å². The van der Waals surface area contributed by atoms with Crippen LogP contribution in [0.4, 0.5) is 0 Å². The van der Waals surface area contributed by atoms with Crippen LogP contribution in [-0.4, -0.2) is 17.3 Å². The third-order valence-corrected chi connectivity index (χ3v) is 10.9. The predicted octanol–water partition coefficient (Wildman–Crippen LogP) is 11.5. The number of rotatable bonds is 4. The maximum absolute atomic E-state index is 4.37. The van der Waals surface area contributed by atoms with Gasteiger partial charge in [-0.3, -0.25) is 4.99 Å². The second-order valence-corrected chi connectivity index (χ2v) is 13.3. The van der Waals surface area contributed by atoms with E-state index in [4.69, 9.17) is 0 Å². The molecule has 2 heterocycles. The number of hydrogen-bond donors (Lipinski definition) is 0. The van der Waals surface area contributed by atoms with Gasteiger partial charge in [-0.25, -0.2) is 0 Å². The lowest BCUT2D eigenvalue weighted by Crippen LogP contribution is -2.17. The summed E-state index contributed by atoms with van der Waals surface area (Å²) in [6, 6.07) is 45.5. The van der Waals surface area contributed by atoms with Crippen LogP contribution in [0.25, 0.3) is 61.0 Å². The normalized spacial score (nSPS) is 18.3. The van der Waals surface area contributed by atoms with E-state index >= 15 is 0 Å². The number of allylic oxidation sites excluding steroid dienone is 2. The molecule has 2 aliphatic carbocycles. The van der Waals surface area contributed by atoms with Crippen LogP contribution in [0, 0.1) is 0 Å². The van der Waals surface area contributed by atoms with Crippen LogP contribution in [0.2, 0.25) is 0 Å². The van der Waals surface area contributed by atoms with Crippen molar-refractivity contribution in [3.05, 3.63) is 161 Å². The maximum atomic E-state index is 4.37. The summed E-state index contributed by atoms with van der Waals surface area (Å²) >= 11 is 0. The Morgan fingerprint density at radius 1 is 0.660 bits per heavy atom. The van der Waals surface area contributed by atoms with Crippen molar-refractivity contribution in [2.75, 3.05) is 6.54 Å². The molecule has 0 saturated carbocycles. The fourth-order valence-electron chi connectivity index (χ4n) is 8.66. The lowest BCUT2D eigenvalue weighted by molar-refractivity contribution is 0.578. The Kier molecular flexibility index (Phi) is 5.99. The molecule has 47 heavy (non-hydrogen) atoms. The summed E-state index contributed by atoms with van der Waals surface area (Å²) in [4.78, 5) is 4.37. The average Bonchev–Trinajstić information content (AvgIpc) is 3.49. The van der Waals surface area contributed by atoms with Crippen molar-refractivity contribution < 1.29 is 0 Å². The van der Waals surface area contributed by atoms with E-state index in [2.05, 4.69) is 149 Å². The number of dihydropyridines is 1. The smallest absolute Gasteiger partial charge is 0.0541 e. The van der Waals surface area contributed by atoms with Gasteiger partial charge in [0.2, 0.25) is 0 Å². The molecule has 0 saturated heterocycles. The summed E-state index contributed by atoms with van der Waals surface area (Å²) in [5.41, 5.74) is 14.8. The summed E-state index contributed by atoms with van der Waals surface area (Å²) in [5, 5.41) is 5.38. The Morgan fingerprint density at radius 3 is 2.13 bits per heavy atom. The van der Waals surface area contributed by atoms with Crippen LogP contribution < -0.4 is 0 Å². The first-order chi connectivity index (χ1) is 23.3. The molecular formula is C45H34N2. The number of benzene rings is 6. The Hall–Kier alpha value is -5.47. The van der Waals surface area contributed by atoms with E-state index in [9.17, 15) is 0 Å². The van der Waals surface area contributed by atoms with E-state index in [1.54, 1.807) is 5.56 Å². The molecule has 2 unspecified atom stereocenters. The Balaban J connectivity index is 1.06. The molecule has 1 aliphatic heterocycles. The lowest BCUT2D eigenvalue weighted by atomic mass is 9.69.